The van der Waals surface area contributed by atoms with Gasteiger partial charge >= 0.3 is 7.14 Å². The summed E-state index contributed by atoms with van der Waals surface area (Å²) in [5, 5.41) is 0. The summed E-state index contributed by atoms with van der Waals surface area (Å²) in [5.41, 5.74) is 0. The first kappa shape index (κ1) is 6.33. The summed E-state index contributed by atoms with van der Waals surface area (Å²) in [7, 11) is -6.03. The molecule has 6 heavy (non-hydrogen) atoms. The van der Waals surface area contributed by atoms with E-state index in [1.807, 2.05) is 0 Å². The molecule has 0 radical (unpaired) electrons. The molecule has 0 atom stereocenters. The van der Waals surface area contributed by atoms with Crippen molar-refractivity contribution in [2.45, 2.75) is 0 Å². The maximum Gasteiger partial charge on any atom is 0.315 e. The summed E-state index contributed by atoms with van der Waals surface area (Å²) in [6.45, 7) is 0. The van der Waals surface area contributed by atoms with E-state index in [1.54, 1.807) is 0 Å². The summed E-state index contributed by atoms with van der Waals surface area (Å²) >= 11 is 0. The standard InChI is InChI=1S/H5O4PSi/c1-5(2,3)6-4/h4H,6H2,(H2,1,2,3). The van der Waals surface area contributed by atoms with E-state index in [9.17, 15) is 4.57 Å². The Balaban J connectivity index is 3.48. The predicted octanol–water partition coefficient (Wildman–Crippen LogP) is -1.84. The van der Waals surface area contributed by atoms with Crippen LogP contribution in [0.25, 0.3) is 0 Å². The van der Waals surface area contributed by atoms with Crippen molar-refractivity contribution in [2.75, 3.05) is 0 Å². The van der Waals surface area contributed by atoms with Gasteiger partial charge in [-0.15, -0.1) is 0 Å². The molecular weight excluding hydrogens is 123 g/mol. The van der Waals surface area contributed by atoms with E-state index in [0.29, 0.717) is 0 Å². The topological polar surface area (TPSA) is 77.8 Å². The molecule has 0 amide bonds. The smallest absolute Gasteiger partial charge is 0.315 e. The van der Waals surface area contributed by atoms with Gasteiger partial charge in [-0.25, -0.2) is 0 Å². The van der Waals surface area contributed by atoms with Crippen molar-refractivity contribution in [3.05, 3.63) is 0 Å². The van der Waals surface area contributed by atoms with Crippen LogP contribution >= 0.6 is 7.14 Å². The fraction of sp³-hybridized carbons (Fsp3) is 0. The third-order valence-corrected chi connectivity index (χ3v) is 1.66. The number of rotatable bonds is 1. The average molecular weight is 128 g/mol. The minimum atomic E-state index is -3.95. The van der Waals surface area contributed by atoms with Gasteiger partial charge in [-0.3, -0.25) is 4.57 Å². The van der Waals surface area contributed by atoms with Crippen LogP contribution in [0.2, 0.25) is 0 Å². The van der Waals surface area contributed by atoms with Crippen LogP contribution in [0.3, 0.4) is 0 Å². The van der Waals surface area contributed by atoms with E-state index in [0.717, 1.165) is 0 Å². The molecular formula is H5O4PSi. The lowest BCUT2D eigenvalue weighted by Crippen LogP contribution is -1.87. The number of hydrogen-bond donors (Lipinski definition) is 3. The average Bonchev–Trinajstić information content (AvgIpc) is 1.35. The van der Waals surface area contributed by atoms with Crippen LogP contribution in [0, 0.1) is 0 Å². The molecule has 0 rings (SSSR count). The minimum absolute atomic E-state index is 2.08. The van der Waals surface area contributed by atoms with Crippen LogP contribution in [0.4, 0.5) is 0 Å². The molecule has 0 unspecified atom stereocenters. The second-order valence-electron chi connectivity index (χ2n) is 0.806. The van der Waals surface area contributed by atoms with E-state index in [1.165, 1.54) is 0 Å². The van der Waals surface area contributed by atoms with Gasteiger partial charge in [0, 0.05) is 0 Å². The lowest BCUT2D eigenvalue weighted by Gasteiger charge is -1.91. The highest BCUT2D eigenvalue weighted by Crippen LogP contribution is 2.29. The maximum absolute atomic E-state index is 9.51. The Hall–Kier alpha value is 0.327. The predicted molar refractivity (Wildman–Crippen MR) is 22.8 cm³/mol. The molecule has 4 nitrogen and oxygen atoms in total. The Morgan fingerprint density at radius 2 is 1.67 bits per heavy atom. The summed E-state index contributed by atoms with van der Waals surface area (Å²) in [6, 6.07) is 0. The van der Waals surface area contributed by atoms with Crippen molar-refractivity contribution in [1.82, 2.24) is 0 Å². The normalized spacial score (nSPS) is 13.8. The van der Waals surface area contributed by atoms with Gasteiger partial charge in [0.15, 0.2) is 0 Å². The highest BCUT2D eigenvalue weighted by Gasteiger charge is 2.08. The Morgan fingerprint density at radius 3 is 1.67 bits per heavy atom. The Kier molecular flexibility index (Phi) is 1.96. The zero-order valence-corrected chi connectivity index (χ0v) is 5.21. The van der Waals surface area contributed by atoms with Crippen molar-refractivity contribution in [3.63, 3.8) is 0 Å². The molecule has 0 aliphatic rings. The largest absolute Gasteiger partial charge is 0.426 e. The molecule has 0 aliphatic carbocycles. The van der Waals surface area contributed by atoms with Gasteiger partial charge in [0.05, 0.1) is 0 Å². The van der Waals surface area contributed by atoms with E-state index in [4.69, 9.17) is 14.6 Å². The van der Waals surface area contributed by atoms with Gasteiger partial charge in [-0.05, 0) is 0 Å². The van der Waals surface area contributed by atoms with Crippen LogP contribution < -0.4 is 0 Å². The summed E-state index contributed by atoms with van der Waals surface area (Å²) in [4.78, 5) is 23.3. The highest BCUT2D eigenvalue weighted by molar-refractivity contribution is 7.80. The molecule has 0 spiro atoms. The molecule has 0 saturated heterocycles. The molecule has 0 aliphatic heterocycles. The van der Waals surface area contributed by atoms with Gasteiger partial charge in [0.2, 0.25) is 0 Å². The SMILES string of the molecule is O=P(O)(O)[SiH2]O. The summed E-state index contributed by atoms with van der Waals surface area (Å²) < 4.78 is 9.51. The zero-order valence-electron chi connectivity index (χ0n) is 2.90. The van der Waals surface area contributed by atoms with E-state index >= 15 is 0 Å². The summed E-state index contributed by atoms with van der Waals surface area (Å²) in [6.07, 6.45) is 0. The fourth-order valence-electron chi connectivity index (χ4n) is 0. The Morgan fingerprint density at radius 1 is 1.50 bits per heavy atom. The van der Waals surface area contributed by atoms with Gasteiger partial charge in [-0.2, -0.15) is 0 Å². The maximum atomic E-state index is 9.51. The molecule has 0 aromatic heterocycles. The second kappa shape index (κ2) is 1.86. The van der Waals surface area contributed by atoms with Crippen LogP contribution in [0.15, 0.2) is 0 Å². The minimum Gasteiger partial charge on any atom is -0.426 e. The first-order valence-electron chi connectivity index (χ1n) is 1.22. The first-order valence-corrected chi connectivity index (χ1v) is 5.54. The Bertz CT molecular complexity index is 71.6. The van der Waals surface area contributed by atoms with Crippen LogP contribution in [-0.4, -0.2) is 24.0 Å². The third-order valence-electron chi connectivity index (χ3n) is 0.184. The highest BCUT2D eigenvalue weighted by atomic mass is 31.4. The summed E-state index contributed by atoms with van der Waals surface area (Å²) in [5.74, 6) is 0. The molecule has 0 saturated carbocycles. The van der Waals surface area contributed by atoms with E-state index in [-0.39, 0.29) is 0 Å². The molecule has 0 fully saturated rings. The Labute approximate surface area is 36.8 Å². The molecule has 6 heteroatoms. The van der Waals surface area contributed by atoms with Crippen molar-refractivity contribution >= 4 is 16.6 Å². The van der Waals surface area contributed by atoms with Gasteiger partial charge in [0.25, 0.3) is 9.43 Å². The molecule has 0 aromatic rings. The molecule has 38 valence electrons. The van der Waals surface area contributed by atoms with Crippen molar-refractivity contribution < 1.29 is 19.1 Å². The third kappa shape index (κ3) is 4.33. The van der Waals surface area contributed by atoms with Gasteiger partial charge in [0.1, 0.15) is 0 Å². The van der Waals surface area contributed by atoms with E-state index in [2.05, 4.69) is 0 Å². The van der Waals surface area contributed by atoms with Crippen molar-refractivity contribution in [3.8, 4) is 0 Å². The van der Waals surface area contributed by atoms with E-state index < -0.39 is 16.6 Å². The molecule has 0 bridgehead atoms. The first-order chi connectivity index (χ1) is 2.56. The number of hydrogen-bond acceptors (Lipinski definition) is 2. The fourth-order valence-corrected chi connectivity index (χ4v) is 0. The van der Waals surface area contributed by atoms with Crippen LogP contribution in [0.1, 0.15) is 0 Å². The van der Waals surface area contributed by atoms with Crippen LogP contribution in [0.5, 0.6) is 0 Å². The lowest BCUT2D eigenvalue weighted by atomic mass is 15.8. The molecule has 3 N–H and O–H groups in total. The quantitative estimate of drug-likeness (QED) is 0.286. The zero-order chi connectivity index (χ0) is 5.21. The molecule has 0 heterocycles. The van der Waals surface area contributed by atoms with Gasteiger partial charge < -0.3 is 14.6 Å². The molecule has 0 aromatic carbocycles. The van der Waals surface area contributed by atoms with Crippen molar-refractivity contribution in [1.29, 1.82) is 0 Å². The van der Waals surface area contributed by atoms with Crippen LogP contribution in [-0.2, 0) is 4.57 Å². The lowest BCUT2D eigenvalue weighted by molar-refractivity contribution is 0.386. The van der Waals surface area contributed by atoms with Crippen molar-refractivity contribution in [2.24, 2.45) is 0 Å². The van der Waals surface area contributed by atoms with Gasteiger partial charge in [-0.1, -0.05) is 0 Å². The second-order valence-corrected chi connectivity index (χ2v) is 5.74. The monoisotopic (exact) mass is 128 g/mol.